The van der Waals surface area contributed by atoms with E-state index in [1.807, 2.05) is 19.0 Å². The van der Waals surface area contributed by atoms with Crippen molar-refractivity contribution in [2.24, 2.45) is 0 Å². The molecule has 0 aromatic heterocycles. The molecule has 0 aliphatic carbocycles. The Bertz CT molecular complexity index is 493. The number of halogens is 2. The lowest BCUT2D eigenvalue weighted by Gasteiger charge is -2.11. The third-order valence-corrected chi connectivity index (χ3v) is 3.21. The summed E-state index contributed by atoms with van der Waals surface area (Å²) in [6.45, 7) is 1.20. The molecule has 20 heavy (non-hydrogen) atoms. The first-order valence-corrected chi connectivity index (χ1v) is 6.80. The Kier molecular flexibility index (Phi) is 6.78. The second-order valence-electron chi connectivity index (χ2n) is 4.46. The second kappa shape index (κ2) is 8.09. The Hall–Kier alpha value is -1.30. The lowest BCUT2D eigenvalue weighted by Crippen LogP contribution is -2.39. The first-order valence-electron chi connectivity index (χ1n) is 6.05. The molecular weight excluding hydrogens is 301 g/mol. The van der Waals surface area contributed by atoms with Gasteiger partial charge in [-0.05, 0) is 32.3 Å². The standard InChI is InChI=1S/C13H17Cl2N3O2/c1-18(2)6-5-16-12(19)8-17-13(20)9-3-4-10(14)11(15)7-9/h3-4,7H,5-6,8H2,1-2H3,(H,16,19)(H,17,20). The highest BCUT2D eigenvalue weighted by molar-refractivity contribution is 6.42. The topological polar surface area (TPSA) is 61.4 Å². The van der Waals surface area contributed by atoms with E-state index in [1.165, 1.54) is 12.1 Å². The molecule has 110 valence electrons. The zero-order chi connectivity index (χ0) is 15.1. The number of likely N-dealkylation sites (N-methyl/N-ethyl adjacent to an activating group) is 1. The Morgan fingerprint density at radius 3 is 2.45 bits per heavy atom. The van der Waals surface area contributed by atoms with Crippen LogP contribution >= 0.6 is 23.2 Å². The Balaban J connectivity index is 2.39. The third kappa shape index (κ3) is 5.77. The minimum atomic E-state index is -0.369. The van der Waals surface area contributed by atoms with Gasteiger partial charge in [-0.1, -0.05) is 23.2 Å². The highest BCUT2D eigenvalue weighted by atomic mass is 35.5. The van der Waals surface area contributed by atoms with Crippen LogP contribution in [0.5, 0.6) is 0 Å². The van der Waals surface area contributed by atoms with E-state index in [0.29, 0.717) is 22.2 Å². The Morgan fingerprint density at radius 2 is 1.85 bits per heavy atom. The normalized spacial score (nSPS) is 10.4. The Morgan fingerprint density at radius 1 is 1.15 bits per heavy atom. The number of nitrogens with one attached hydrogen (secondary N) is 2. The maximum atomic E-state index is 11.8. The maximum absolute atomic E-state index is 11.8. The average molecular weight is 318 g/mol. The summed E-state index contributed by atoms with van der Waals surface area (Å²) in [5.41, 5.74) is 0.362. The summed E-state index contributed by atoms with van der Waals surface area (Å²) in [6, 6.07) is 4.55. The fraction of sp³-hybridized carbons (Fsp3) is 0.385. The van der Waals surface area contributed by atoms with E-state index in [-0.39, 0.29) is 18.4 Å². The van der Waals surface area contributed by atoms with Crippen LogP contribution in [0.25, 0.3) is 0 Å². The van der Waals surface area contributed by atoms with Crippen molar-refractivity contribution in [2.45, 2.75) is 0 Å². The van der Waals surface area contributed by atoms with Crippen LogP contribution < -0.4 is 10.6 Å². The van der Waals surface area contributed by atoms with Crippen LogP contribution in [-0.2, 0) is 4.79 Å². The van der Waals surface area contributed by atoms with Crippen LogP contribution in [0.2, 0.25) is 10.0 Å². The minimum Gasteiger partial charge on any atom is -0.353 e. The van der Waals surface area contributed by atoms with Gasteiger partial charge >= 0.3 is 0 Å². The van der Waals surface area contributed by atoms with Crippen molar-refractivity contribution >= 4 is 35.0 Å². The van der Waals surface area contributed by atoms with Gasteiger partial charge in [-0.25, -0.2) is 0 Å². The smallest absolute Gasteiger partial charge is 0.251 e. The molecule has 0 bridgehead atoms. The molecule has 0 heterocycles. The van der Waals surface area contributed by atoms with Gasteiger partial charge in [0.15, 0.2) is 0 Å². The molecule has 0 spiro atoms. The molecule has 0 saturated carbocycles. The van der Waals surface area contributed by atoms with Crippen LogP contribution in [0, 0.1) is 0 Å². The van der Waals surface area contributed by atoms with Gasteiger partial charge in [0.1, 0.15) is 0 Å². The number of hydrogen-bond donors (Lipinski definition) is 2. The monoisotopic (exact) mass is 317 g/mol. The summed E-state index contributed by atoms with van der Waals surface area (Å²) in [5, 5.41) is 5.90. The van der Waals surface area contributed by atoms with Gasteiger partial charge in [-0.2, -0.15) is 0 Å². The second-order valence-corrected chi connectivity index (χ2v) is 5.28. The summed E-state index contributed by atoms with van der Waals surface area (Å²) in [5.74, 6) is -0.605. The number of carbonyl (C=O) groups excluding carboxylic acids is 2. The van der Waals surface area contributed by atoms with Gasteiger partial charge in [0.2, 0.25) is 5.91 Å². The van der Waals surface area contributed by atoms with Crippen LogP contribution in [0.3, 0.4) is 0 Å². The fourth-order valence-corrected chi connectivity index (χ4v) is 1.68. The Labute approximate surface area is 128 Å². The molecule has 1 aromatic carbocycles. The maximum Gasteiger partial charge on any atom is 0.251 e. The van der Waals surface area contributed by atoms with E-state index in [9.17, 15) is 9.59 Å². The van der Waals surface area contributed by atoms with E-state index >= 15 is 0 Å². The van der Waals surface area contributed by atoms with Crippen LogP contribution in [0.1, 0.15) is 10.4 Å². The minimum absolute atomic E-state index is 0.0769. The number of benzene rings is 1. The van der Waals surface area contributed by atoms with Gasteiger partial charge in [-0.3, -0.25) is 9.59 Å². The van der Waals surface area contributed by atoms with E-state index < -0.39 is 0 Å². The van der Waals surface area contributed by atoms with Crippen molar-refractivity contribution < 1.29 is 9.59 Å². The first-order chi connectivity index (χ1) is 9.40. The van der Waals surface area contributed by atoms with Crippen molar-refractivity contribution in [3.63, 3.8) is 0 Å². The quantitative estimate of drug-likeness (QED) is 0.833. The van der Waals surface area contributed by atoms with Gasteiger partial charge in [-0.15, -0.1) is 0 Å². The molecule has 0 saturated heterocycles. The zero-order valence-electron chi connectivity index (χ0n) is 11.4. The van der Waals surface area contributed by atoms with Crippen LogP contribution in [0.4, 0.5) is 0 Å². The summed E-state index contributed by atoms with van der Waals surface area (Å²) in [6.07, 6.45) is 0. The highest BCUT2D eigenvalue weighted by Crippen LogP contribution is 2.22. The van der Waals surface area contributed by atoms with E-state index in [4.69, 9.17) is 23.2 Å². The molecule has 5 nitrogen and oxygen atoms in total. The van der Waals surface area contributed by atoms with E-state index in [1.54, 1.807) is 6.07 Å². The fourth-order valence-electron chi connectivity index (χ4n) is 1.38. The predicted octanol–water partition coefficient (Wildman–Crippen LogP) is 1.40. The van der Waals surface area contributed by atoms with Crippen molar-refractivity contribution in [2.75, 3.05) is 33.7 Å². The van der Waals surface area contributed by atoms with Gasteiger partial charge in [0.25, 0.3) is 5.91 Å². The van der Waals surface area contributed by atoms with Crippen LogP contribution in [-0.4, -0.2) is 50.4 Å². The van der Waals surface area contributed by atoms with Crippen molar-refractivity contribution in [3.8, 4) is 0 Å². The summed E-state index contributed by atoms with van der Waals surface area (Å²) < 4.78 is 0. The first kappa shape index (κ1) is 16.8. The lowest BCUT2D eigenvalue weighted by atomic mass is 10.2. The van der Waals surface area contributed by atoms with Gasteiger partial charge in [0.05, 0.1) is 16.6 Å². The molecule has 0 unspecified atom stereocenters. The molecule has 0 aliphatic rings. The molecule has 0 fully saturated rings. The molecular formula is C13H17Cl2N3O2. The third-order valence-electron chi connectivity index (χ3n) is 2.47. The van der Waals surface area contributed by atoms with Gasteiger partial charge < -0.3 is 15.5 Å². The van der Waals surface area contributed by atoms with Crippen molar-refractivity contribution in [1.82, 2.24) is 15.5 Å². The number of amides is 2. The lowest BCUT2D eigenvalue weighted by molar-refractivity contribution is -0.120. The molecule has 0 atom stereocenters. The SMILES string of the molecule is CN(C)CCNC(=O)CNC(=O)c1ccc(Cl)c(Cl)c1. The molecule has 7 heteroatoms. The number of rotatable bonds is 6. The summed E-state index contributed by atoms with van der Waals surface area (Å²) in [7, 11) is 3.83. The zero-order valence-corrected chi connectivity index (χ0v) is 12.9. The molecule has 0 radical (unpaired) electrons. The molecule has 2 amide bonds. The number of carbonyl (C=O) groups is 2. The van der Waals surface area contributed by atoms with Crippen molar-refractivity contribution in [3.05, 3.63) is 33.8 Å². The van der Waals surface area contributed by atoms with E-state index in [0.717, 1.165) is 6.54 Å². The van der Waals surface area contributed by atoms with Gasteiger partial charge in [0, 0.05) is 18.7 Å². The molecule has 0 aliphatic heterocycles. The summed E-state index contributed by atoms with van der Waals surface area (Å²) in [4.78, 5) is 25.2. The molecule has 1 rings (SSSR count). The number of nitrogens with zero attached hydrogens (tertiary/aromatic N) is 1. The summed E-state index contributed by atoms with van der Waals surface area (Å²) >= 11 is 11.6. The van der Waals surface area contributed by atoms with Crippen molar-refractivity contribution in [1.29, 1.82) is 0 Å². The average Bonchev–Trinajstić information content (AvgIpc) is 2.38. The molecule has 2 N–H and O–H groups in total. The largest absolute Gasteiger partial charge is 0.353 e. The highest BCUT2D eigenvalue weighted by Gasteiger charge is 2.09. The van der Waals surface area contributed by atoms with E-state index in [2.05, 4.69) is 10.6 Å². The predicted molar refractivity (Wildman–Crippen MR) is 80.4 cm³/mol. The number of hydrogen-bond acceptors (Lipinski definition) is 3. The van der Waals surface area contributed by atoms with Crippen LogP contribution in [0.15, 0.2) is 18.2 Å². The molecule has 1 aromatic rings.